The van der Waals surface area contributed by atoms with Crippen molar-refractivity contribution in [2.75, 3.05) is 70.9 Å². The number of halogens is 2. The van der Waals surface area contributed by atoms with Crippen LogP contribution in [0.1, 0.15) is 30.6 Å². The monoisotopic (exact) mass is 596 g/mol. The number of amides is 2. The molecule has 42 heavy (non-hydrogen) atoms. The van der Waals surface area contributed by atoms with E-state index < -0.39 is 5.82 Å². The molecule has 4 aliphatic heterocycles. The van der Waals surface area contributed by atoms with E-state index in [0.29, 0.717) is 37.6 Å². The average molecular weight is 597 g/mol. The van der Waals surface area contributed by atoms with Gasteiger partial charge in [0, 0.05) is 69.5 Å². The summed E-state index contributed by atoms with van der Waals surface area (Å²) < 4.78 is 21.5. The first-order chi connectivity index (χ1) is 20.1. The van der Waals surface area contributed by atoms with Crippen LogP contribution in [-0.4, -0.2) is 120 Å². The number of hydrogen-bond acceptors (Lipinski definition) is 7. The zero-order valence-corrected chi connectivity index (χ0v) is 25.2. The first kappa shape index (κ1) is 28.9. The molecule has 1 aromatic carbocycles. The first-order valence-electron chi connectivity index (χ1n) is 14.6. The molecule has 3 saturated heterocycles. The molecule has 0 radical (unpaired) electrons. The summed E-state index contributed by atoms with van der Waals surface area (Å²) >= 11 is 6.95. The van der Waals surface area contributed by atoms with Crippen molar-refractivity contribution < 1.29 is 18.7 Å². The summed E-state index contributed by atoms with van der Waals surface area (Å²) in [6, 6.07) is 6.29. The molecule has 1 aromatic heterocycles. The Morgan fingerprint density at radius 1 is 1.12 bits per heavy atom. The maximum Gasteiger partial charge on any atom is 0.261 e. The van der Waals surface area contributed by atoms with Crippen LogP contribution in [0.15, 0.2) is 36.9 Å². The lowest BCUT2D eigenvalue weighted by molar-refractivity contribution is -0.128. The van der Waals surface area contributed by atoms with Crippen LogP contribution in [0.4, 0.5) is 10.2 Å². The van der Waals surface area contributed by atoms with Gasteiger partial charge in [-0.3, -0.25) is 14.5 Å². The molecule has 224 valence electrons. The standard InChI is InChI=1S/C31H38ClFN6O3/c1-5-24(40)37-14-15-38-21(17-37)19-42-28-25(30(38)41)29(34-27(26(28)32)22-8-6-7-9-23(22)33)39-18-20(16-31(39,2)3)36-12-10-35(4)11-13-36/h5-9,20-21H,1,10-19H2,2-4H3/t20?,21-/m1/s1. The van der Waals surface area contributed by atoms with Gasteiger partial charge in [0.05, 0.1) is 11.7 Å². The zero-order chi connectivity index (χ0) is 29.8. The summed E-state index contributed by atoms with van der Waals surface area (Å²) in [6.07, 6.45) is 2.18. The fraction of sp³-hybridized carbons (Fsp3) is 0.516. The van der Waals surface area contributed by atoms with Crippen molar-refractivity contribution in [1.82, 2.24) is 24.6 Å². The number of pyridine rings is 1. The quantitative estimate of drug-likeness (QED) is 0.501. The fourth-order valence-corrected chi connectivity index (χ4v) is 7.11. The van der Waals surface area contributed by atoms with Gasteiger partial charge in [-0.05, 0) is 45.5 Å². The molecule has 9 nitrogen and oxygen atoms in total. The molecule has 0 aliphatic carbocycles. The van der Waals surface area contributed by atoms with E-state index in [1.807, 2.05) is 0 Å². The van der Waals surface area contributed by atoms with Crippen molar-refractivity contribution in [1.29, 1.82) is 0 Å². The van der Waals surface area contributed by atoms with Gasteiger partial charge in [0.25, 0.3) is 5.91 Å². The molecular formula is C31H38ClFN6O3. The Labute approximate surface area is 251 Å². The number of aromatic nitrogens is 1. The van der Waals surface area contributed by atoms with Gasteiger partial charge in [-0.1, -0.05) is 30.3 Å². The Hall–Kier alpha value is -3.21. The second kappa shape index (κ2) is 11.1. The lowest BCUT2D eigenvalue weighted by Gasteiger charge is -2.40. The zero-order valence-electron chi connectivity index (χ0n) is 24.5. The van der Waals surface area contributed by atoms with Crippen molar-refractivity contribution in [2.24, 2.45) is 0 Å². The molecule has 2 atom stereocenters. The molecule has 11 heteroatoms. The lowest BCUT2D eigenvalue weighted by atomic mass is 9.98. The molecule has 2 aromatic rings. The average Bonchev–Trinajstić information content (AvgIpc) is 3.22. The van der Waals surface area contributed by atoms with Crippen molar-refractivity contribution in [3.05, 3.63) is 53.3 Å². The van der Waals surface area contributed by atoms with Crippen molar-refractivity contribution in [2.45, 2.75) is 37.9 Å². The van der Waals surface area contributed by atoms with Crippen LogP contribution in [0.2, 0.25) is 5.02 Å². The van der Waals surface area contributed by atoms with E-state index >= 15 is 4.39 Å². The predicted octanol–water partition coefficient (Wildman–Crippen LogP) is 3.38. The van der Waals surface area contributed by atoms with Crippen LogP contribution in [0, 0.1) is 5.82 Å². The molecular weight excluding hydrogens is 559 g/mol. The fourth-order valence-electron chi connectivity index (χ4n) is 6.82. The summed E-state index contributed by atoms with van der Waals surface area (Å²) in [4.78, 5) is 42.3. The number of nitrogens with zero attached hydrogens (tertiary/aromatic N) is 6. The molecule has 0 N–H and O–H groups in total. The summed E-state index contributed by atoms with van der Waals surface area (Å²) in [6.45, 7) is 13.8. The van der Waals surface area contributed by atoms with E-state index in [0.717, 1.165) is 32.6 Å². The van der Waals surface area contributed by atoms with Gasteiger partial charge in [-0.2, -0.15) is 0 Å². The lowest BCUT2D eigenvalue weighted by Crippen LogP contribution is -2.57. The van der Waals surface area contributed by atoms with Crippen LogP contribution < -0.4 is 9.64 Å². The molecule has 2 amide bonds. The van der Waals surface area contributed by atoms with E-state index in [4.69, 9.17) is 21.3 Å². The van der Waals surface area contributed by atoms with Crippen LogP contribution >= 0.6 is 11.6 Å². The van der Waals surface area contributed by atoms with E-state index in [-0.39, 0.29) is 58.1 Å². The Morgan fingerprint density at radius 3 is 2.57 bits per heavy atom. The topological polar surface area (TPSA) is 72.5 Å². The van der Waals surface area contributed by atoms with Crippen LogP contribution in [0.5, 0.6) is 5.75 Å². The molecule has 4 aliphatic rings. The van der Waals surface area contributed by atoms with Gasteiger partial charge in [0.2, 0.25) is 5.91 Å². The van der Waals surface area contributed by atoms with Gasteiger partial charge in [0.1, 0.15) is 28.8 Å². The number of piperazine rings is 2. The number of anilines is 1. The number of hydrogen-bond donors (Lipinski definition) is 0. The maximum atomic E-state index is 15.2. The predicted molar refractivity (Wildman–Crippen MR) is 161 cm³/mol. The highest BCUT2D eigenvalue weighted by molar-refractivity contribution is 6.35. The number of fused-ring (bicyclic) bond motifs is 2. The number of carbonyl (C=O) groups excluding carboxylic acids is 2. The van der Waals surface area contributed by atoms with Gasteiger partial charge >= 0.3 is 0 Å². The van der Waals surface area contributed by atoms with E-state index in [1.165, 1.54) is 12.1 Å². The van der Waals surface area contributed by atoms with Gasteiger partial charge in [-0.25, -0.2) is 9.37 Å². The van der Waals surface area contributed by atoms with Crippen molar-refractivity contribution in [3.8, 4) is 17.0 Å². The third kappa shape index (κ3) is 5.03. The number of likely N-dealkylation sites (N-methyl/N-ethyl adjacent to an activating group) is 1. The van der Waals surface area contributed by atoms with Crippen LogP contribution in [-0.2, 0) is 4.79 Å². The van der Waals surface area contributed by atoms with Crippen LogP contribution in [0.3, 0.4) is 0 Å². The summed E-state index contributed by atoms with van der Waals surface area (Å²) in [5, 5.41) is 0.110. The molecule has 3 fully saturated rings. The van der Waals surface area contributed by atoms with E-state index in [9.17, 15) is 9.59 Å². The summed E-state index contributed by atoms with van der Waals surface area (Å²) in [5.74, 6) is -0.185. The normalized spacial score (nSPS) is 24.6. The largest absolute Gasteiger partial charge is 0.489 e. The Balaban J connectivity index is 1.45. The molecule has 0 bridgehead atoms. The SMILES string of the molecule is C=CC(=O)N1CCN2C(=O)c3c(N4CC(N5CCN(C)CC5)CC4(C)C)nc(-c4ccccc4F)c(Cl)c3OC[C@H]2C1. The number of carbonyl (C=O) groups is 2. The summed E-state index contributed by atoms with van der Waals surface area (Å²) in [7, 11) is 2.14. The number of ether oxygens (including phenoxy) is 1. The highest BCUT2D eigenvalue weighted by Gasteiger charge is 2.46. The highest BCUT2D eigenvalue weighted by Crippen LogP contribution is 2.47. The van der Waals surface area contributed by atoms with Crippen LogP contribution in [0.25, 0.3) is 11.3 Å². The first-order valence-corrected chi connectivity index (χ1v) is 15.0. The maximum absolute atomic E-state index is 15.2. The third-order valence-corrected chi connectivity index (χ3v) is 9.59. The third-order valence-electron chi connectivity index (χ3n) is 9.24. The second-order valence-electron chi connectivity index (χ2n) is 12.4. The molecule has 0 saturated carbocycles. The smallest absolute Gasteiger partial charge is 0.261 e. The highest BCUT2D eigenvalue weighted by atomic mass is 35.5. The second-order valence-corrected chi connectivity index (χ2v) is 12.7. The Bertz CT molecular complexity index is 1410. The molecule has 1 unspecified atom stereocenters. The van der Waals surface area contributed by atoms with Gasteiger partial charge in [-0.15, -0.1) is 0 Å². The molecule has 0 spiro atoms. The Kier molecular flexibility index (Phi) is 7.66. The molecule has 6 rings (SSSR count). The minimum absolute atomic E-state index is 0.110. The number of rotatable bonds is 4. The van der Waals surface area contributed by atoms with Gasteiger partial charge in [0.15, 0.2) is 5.75 Å². The van der Waals surface area contributed by atoms with Crippen molar-refractivity contribution in [3.63, 3.8) is 0 Å². The van der Waals surface area contributed by atoms with Gasteiger partial charge < -0.3 is 24.3 Å². The summed E-state index contributed by atoms with van der Waals surface area (Å²) in [5.41, 5.74) is 0.465. The number of benzene rings is 1. The molecule has 5 heterocycles. The minimum Gasteiger partial charge on any atom is -0.489 e. The minimum atomic E-state index is -0.454. The Morgan fingerprint density at radius 2 is 1.86 bits per heavy atom. The van der Waals surface area contributed by atoms with Crippen molar-refractivity contribution >= 4 is 29.2 Å². The van der Waals surface area contributed by atoms with E-state index in [2.05, 4.69) is 42.2 Å². The van der Waals surface area contributed by atoms with E-state index in [1.54, 1.807) is 28.0 Å².